The SMILES string of the molecule is CCNCC(C)C(=O)N(C)Cc1cccs1. The summed E-state index contributed by atoms with van der Waals surface area (Å²) in [4.78, 5) is 15.0. The van der Waals surface area contributed by atoms with Crippen LogP contribution in [0.1, 0.15) is 18.7 Å². The van der Waals surface area contributed by atoms with E-state index in [2.05, 4.69) is 11.4 Å². The summed E-state index contributed by atoms with van der Waals surface area (Å²) in [5, 5.41) is 5.24. The van der Waals surface area contributed by atoms with Crippen molar-refractivity contribution in [2.75, 3.05) is 20.1 Å². The molecule has 0 aliphatic heterocycles. The van der Waals surface area contributed by atoms with Crippen LogP contribution >= 0.6 is 11.3 Å². The maximum Gasteiger partial charge on any atom is 0.226 e. The number of rotatable bonds is 6. The molecule has 0 aliphatic carbocycles. The average molecular weight is 240 g/mol. The molecular formula is C12H20N2OS. The van der Waals surface area contributed by atoms with Gasteiger partial charge in [0, 0.05) is 24.4 Å². The van der Waals surface area contributed by atoms with Gasteiger partial charge in [-0.3, -0.25) is 4.79 Å². The molecule has 16 heavy (non-hydrogen) atoms. The Hall–Kier alpha value is -0.870. The molecule has 0 saturated heterocycles. The van der Waals surface area contributed by atoms with Crippen molar-refractivity contribution in [1.82, 2.24) is 10.2 Å². The summed E-state index contributed by atoms with van der Waals surface area (Å²) >= 11 is 1.69. The summed E-state index contributed by atoms with van der Waals surface area (Å²) in [7, 11) is 1.87. The van der Waals surface area contributed by atoms with Crippen molar-refractivity contribution >= 4 is 17.2 Å². The van der Waals surface area contributed by atoms with Crippen molar-refractivity contribution in [3.63, 3.8) is 0 Å². The fraction of sp³-hybridized carbons (Fsp3) is 0.583. The zero-order valence-electron chi connectivity index (χ0n) is 10.2. The molecule has 1 unspecified atom stereocenters. The van der Waals surface area contributed by atoms with E-state index in [0.717, 1.165) is 13.1 Å². The maximum absolute atomic E-state index is 12.0. The summed E-state index contributed by atoms with van der Waals surface area (Å²) in [6.07, 6.45) is 0. The molecule has 90 valence electrons. The van der Waals surface area contributed by atoms with Gasteiger partial charge in [-0.25, -0.2) is 0 Å². The first-order chi connectivity index (χ1) is 7.65. The van der Waals surface area contributed by atoms with E-state index in [1.54, 1.807) is 16.2 Å². The van der Waals surface area contributed by atoms with Gasteiger partial charge in [-0.2, -0.15) is 0 Å². The highest BCUT2D eigenvalue weighted by Gasteiger charge is 2.17. The van der Waals surface area contributed by atoms with Crippen LogP contribution in [0.2, 0.25) is 0 Å². The van der Waals surface area contributed by atoms with Crippen molar-refractivity contribution in [2.24, 2.45) is 5.92 Å². The normalized spacial score (nSPS) is 12.4. The third-order valence-corrected chi connectivity index (χ3v) is 3.33. The monoisotopic (exact) mass is 240 g/mol. The molecule has 1 aromatic rings. The Morgan fingerprint density at radius 3 is 2.94 bits per heavy atom. The number of thiophene rings is 1. The lowest BCUT2D eigenvalue weighted by Gasteiger charge is -2.20. The van der Waals surface area contributed by atoms with Crippen LogP contribution in [0.15, 0.2) is 17.5 Å². The number of carbonyl (C=O) groups is 1. The number of hydrogen-bond acceptors (Lipinski definition) is 3. The molecule has 0 spiro atoms. The van der Waals surface area contributed by atoms with Gasteiger partial charge in [-0.1, -0.05) is 19.9 Å². The molecule has 0 bridgehead atoms. The van der Waals surface area contributed by atoms with E-state index in [0.29, 0.717) is 6.54 Å². The van der Waals surface area contributed by atoms with Crippen molar-refractivity contribution in [1.29, 1.82) is 0 Å². The molecule has 1 atom stereocenters. The third kappa shape index (κ3) is 3.94. The van der Waals surface area contributed by atoms with E-state index in [1.807, 2.05) is 32.3 Å². The van der Waals surface area contributed by atoms with Gasteiger partial charge in [0.1, 0.15) is 0 Å². The largest absolute Gasteiger partial charge is 0.340 e. The predicted molar refractivity (Wildman–Crippen MR) is 68.5 cm³/mol. The Morgan fingerprint density at radius 2 is 2.38 bits per heavy atom. The van der Waals surface area contributed by atoms with E-state index in [9.17, 15) is 4.79 Å². The second-order valence-electron chi connectivity index (χ2n) is 3.98. The minimum atomic E-state index is 0.0462. The molecule has 0 radical (unpaired) electrons. The van der Waals surface area contributed by atoms with Crippen molar-refractivity contribution in [3.8, 4) is 0 Å². The predicted octanol–water partition coefficient (Wildman–Crippen LogP) is 1.95. The van der Waals surface area contributed by atoms with E-state index >= 15 is 0 Å². The van der Waals surface area contributed by atoms with E-state index < -0.39 is 0 Å². The lowest BCUT2D eigenvalue weighted by Crippen LogP contribution is -2.36. The Balaban J connectivity index is 2.41. The molecule has 1 N–H and O–H groups in total. The van der Waals surface area contributed by atoms with E-state index in [4.69, 9.17) is 0 Å². The highest BCUT2D eigenvalue weighted by Crippen LogP contribution is 2.12. The summed E-state index contributed by atoms with van der Waals surface area (Å²) in [5.41, 5.74) is 0. The van der Waals surface area contributed by atoms with Crippen molar-refractivity contribution in [3.05, 3.63) is 22.4 Å². The highest BCUT2D eigenvalue weighted by molar-refractivity contribution is 7.09. The molecule has 1 aromatic heterocycles. The van der Waals surface area contributed by atoms with Gasteiger partial charge < -0.3 is 10.2 Å². The van der Waals surface area contributed by atoms with Crippen molar-refractivity contribution < 1.29 is 4.79 Å². The summed E-state index contributed by atoms with van der Waals surface area (Å²) in [5.74, 6) is 0.249. The lowest BCUT2D eigenvalue weighted by atomic mass is 10.1. The van der Waals surface area contributed by atoms with Crippen LogP contribution in [0, 0.1) is 5.92 Å². The van der Waals surface area contributed by atoms with Gasteiger partial charge in [0.15, 0.2) is 0 Å². The molecular weight excluding hydrogens is 220 g/mol. The number of nitrogens with one attached hydrogen (secondary N) is 1. The molecule has 0 aromatic carbocycles. The Morgan fingerprint density at radius 1 is 1.62 bits per heavy atom. The van der Waals surface area contributed by atoms with Gasteiger partial charge in [0.05, 0.1) is 6.54 Å². The molecule has 0 saturated carbocycles. The van der Waals surface area contributed by atoms with Crippen LogP contribution in [-0.4, -0.2) is 30.9 Å². The summed E-state index contributed by atoms with van der Waals surface area (Å²) < 4.78 is 0. The summed E-state index contributed by atoms with van der Waals surface area (Å²) in [6.45, 7) is 6.39. The highest BCUT2D eigenvalue weighted by atomic mass is 32.1. The Bertz CT molecular complexity index is 311. The van der Waals surface area contributed by atoms with Crippen LogP contribution in [-0.2, 0) is 11.3 Å². The molecule has 1 rings (SSSR count). The minimum absolute atomic E-state index is 0.0462. The van der Waals surface area contributed by atoms with Crippen molar-refractivity contribution in [2.45, 2.75) is 20.4 Å². The second-order valence-corrected chi connectivity index (χ2v) is 5.01. The van der Waals surface area contributed by atoms with Gasteiger partial charge in [0.2, 0.25) is 5.91 Å². The van der Waals surface area contributed by atoms with Gasteiger partial charge in [-0.05, 0) is 18.0 Å². The first-order valence-electron chi connectivity index (χ1n) is 5.63. The Labute approximate surface area is 101 Å². The summed E-state index contributed by atoms with van der Waals surface area (Å²) in [6, 6.07) is 4.07. The second kappa shape index (κ2) is 6.66. The van der Waals surface area contributed by atoms with Crippen LogP contribution < -0.4 is 5.32 Å². The minimum Gasteiger partial charge on any atom is -0.340 e. The van der Waals surface area contributed by atoms with Gasteiger partial charge in [-0.15, -0.1) is 11.3 Å². The standard InChI is InChI=1S/C12H20N2OS/c1-4-13-8-10(2)12(15)14(3)9-11-6-5-7-16-11/h5-7,10,13H,4,8-9H2,1-3H3. The zero-order valence-corrected chi connectivity index (χ0v) is 11.0. The molecule has 4 heteroatoms. The molecule has 0 fully saturated rings. The molecule has 3 nitrogen and oxygen atoms in total. The van der Waals surface area contributed by atoms with E-state index in [-0.39, 0.29) is 11.8 Å². The first-order valence-corrected chi connectivity index (χ1v) is 6.51. The van der Waals surface area contributed by atoms with Gasteiger partial charge >= 0.3 is 0 Å². The van der Waals surface area contributed by atoms with Crippen LogP contribution in [0.4, 0.5) is 0 Å². The Kier molecular flexibility index (Phi) is 5.49. The number of nitrogens with zero attached hydrogens (tertiary/aromatic N) is 1. The average Bonchev–Trinajstić information content (AvgIpc) is 2.77. The van der Waals surface area contributed by atoms with Crippen LogP contribution in [0.3, 0.4) is 0 Å². The fourth-order valence-electron chi connectivity index (χ4n) is 1.54. The molecule has 1 amide bonds. The first kappa shape index (κ1) is 13.2. The van der Waals surface area contributed by atoms with Crippen LogP contribution in [0.25, 0.3) is 0 Å². The van der Waals surface area contributed by atoms with E-state index in [1.165, 1.54) is 4.88 Å². The number of amides is 1. The molecule has 1 heterocycles. The van der Waals surface area contributed by atoms with Crippen LogP contribution in [0.5, 0.6) is 0 Å². The topological polar surface area (TPSA) is 32.3 Å². The van der Waals surface area contributed by atoms with Gasteiger partial charge in [0.25, 0.3) is 0 Å². The smallest absolute Gasteiger partial charge is 0.226 e. The molecule has 0 aliphatic rings. The fourth-order valence-corrected chi connectivity index (χ4v) is 2.30. The number of hydrogen-bond donors (Lipinski definition) is 1. The zero-order chi connectivity index (χ0) is 12.0. The quantitative estimate of drug-likeness (QED) is 0.824. The third-order valence-electron chi connectivity index (χ3n) is 2.47. The lowest BCUT2D eigenvalue weighted by molar-refractivity contribution is -0.134. The maximum atomic E-state index is 12.0. The number of carbonyl (C=O) groups excluding carboxylic acids is 1.